The first-order valence-corrected chi connectivity index (χ1v) is 24.8. The fourth-order valence-electron chi connectivity index (χ4n) is 6.52. The molecule has 10 N–H and O–H groups in total. The van der Waals surface area contributed by atoms with Crippen LogP contribution in [0.5, 0.6) is 0 Å². The number of halogens is 2. The molecule has 0 fully saturated rings. The molecule has 0 bridgehead atoms. The maximum atomic E-state index is 14.0. The number of ketones is 1. The van der Waals surface area contributed by atoms with Gasteiger partial charge in [0.25, 0.3) is 30.4 Å². The molecule has 362 valence electrons. The number of hydrogen-bond acceptors (Lipinski definition) is 22. The molecular formula is C41H31Cl2N15O10S3. The molecule has 0 spiro atoms. The van der Waals surface area contributed by atoms with E-state index in [2.05, 4.69) is 71.9 Å². The van der Waals surface area contributed by atoms with Gasteiger partial charge in [-0.05, 0) is 120 Å². The molecule has 0 saturated heterocycles. The lowest BCUT2D eigenvalue weighted by Gasteiger charge is -2.17. The van der Waals surface area contributed by atoms with Crippen LogP contribution in [-0.2, 0) is 30.4 Å². The van der Waals surface area contributed by atoms with E-state index in [1.54, 1.807) is 12.1 Å². The summed E-state index contributed by atoms with van der Waals surface area (Å²) < 4.78 is 103. The Balaban J connectivity index is 1.04. The Morgan fingerprint density at radius 1 is 0.577 bits per heavy atom. The number of nitrogen functional groups attached to an aromatic ring is 1. The van der Waals surface area contributed by atoms with Crippen LogP contribution in [0.25, 0.3) is 6.08 Å². The van der Waals surface area contributed by atoms with Crippen molar-refractivity contribution in [3.8, 4) is 0 Å². The number of fused-ring (bicyclic) bond motifs is 1. The van der Waals surface area contributed by atoms with Gasteiger partial charge in [0.05, 0.1) is 27.5 Å². The van der Waals surface area contributed by atoms with Crippen molar-refractivity contribution < 1.29 is 43.7 Å². The zero-order valence-corrected chi connectivity index (χ0v) is 39.6. The number of benzene rings is 5. The summed E-state index contributed by atoms with van der Waals surface area (Å²) in [5.41, 5.74) is 9.03. The molecule has 71 heavy (non-hydrogen) atoms. The van der Waals surface area contributed by atoms with E-state index in [4.69, 9.17) is 28.9 Å². The highest BCUT2D eigenvalue weighted by atomic mass is 35.5. The zero-order chi connectivity index (χ0) is 50.8. The van der Waals surface area contributed by atoms with Crippen LogP contribution in [0.3, 0.4) is 0 Å². The zero-order valence-electron chi connectivity index (χ0n) is 35.7. The van der Waals surface area contributed by atoms with E-state index in [9.17, 15) is 43.7 Å². The van der Waals surface area contributed by atoms with Crippen molar-refractivity contribution in [3.05, 3.63) is 130 Å². The first-order chi connectivity index (χ1) is 33.5. The topological polar surface area (TPSA) is 381 Å². The molecule has 7 aromatic rings. The van der Waals surface area contributed by atoms with Gasteiger partial charge in [-0.1, -0.05) is 30.3 Å². The molecule has 30 heteroatoms. The standard InChI is InChI=1S/C41H31Cl2N15O10S3/c1-20-5-2-6-22(15-20)45-38-49-36(42)50-39(53-38)46-23-7-3-9-26(17-23)55-58-34-31(71(66,67)68)16-21-11-13-28(35(59)32(21)33(34)44)56-57-29-19-25(12-14-30(29)70(63,64)65)48-41-52-37(43)51-40(54-41)47-24-8-4-10-27(18-24)69(60,61)62/h2-19,57H,44H2,1H3,(H,60,61,62)(H,63,64,65)(H,66,67,68)(H2,45,46,49,50,53)(H2,47,48,51,52,54)/b56-28-,58-55?. The summed E-state index contributed by atoms with van der Waals surface area (Å²) >= 11 is 12.3. The summed E-state index contributed by atoms with van der Waals surface area (Å²) in [5.74, 6) is -1.09. The van der Waals surface area contributed by atoms with Crippen LogP contribution in [0.1, 0.15) is 21.5 Å². The molecule has 0 radical (unpaired) electrons. The Morgan fingerprint density at radius 3 is 1.68 bits per heavy atom. The Labute approximate surface area is 411 Å². The highest BCUT2D eigenvalue weighted by Crippen LogP contribution is 2.40. The molecule has 0 aliphatic heterocycles. The number of aromatic nitrogens is 6. The van der Waals surface area contributed by atoms with Crippen LogP contribution in [0.4, 0.5) is 69.3 Å². The Kier molecular flexibility index (Phi) is 13.7. The van der Waals surface area contributed by atoms with Gasteiger partial charge in [-0.15, -0.1) is 5.11 Å². The monoisotopic (exact) mass is 1060 g/mol. The normalized spacial score (nSPS) is 13.3. The average Bonchev–Trinajstić information content (AvgIpc) is 3.27. The molecule has 0 unspecified atom stereocenters. The third-order valence-electron chi connectivity index (χ3n) is 9.55. The number of nitrogens with zero attached hydrogens (tertiary/aromatic N) is 9. The van der Waals surface area contributed by atoms with Crippen LogP contribution in [0.15, 0.2) is 133 Å². The maximum Gasteiger partial charge on any atom is 0.296 e. The molecule has 2 heterocycles. The second-order valence-corrected chi connectivity index (χ2v) is 19.5. The quantitative estimate of drug-likeness (QED) is 0.0203. The third-order valence-corrected chi connectivity index (χ3v) is 12.5. The second kappa shape index (κ2) is 19.7. The van der Waals surface area contributed by atoms with Crippen molar-refractivity contribution in [2.75, 3.05) is 32.4 Å². The van der Waals surface area contributed by atoms with Gasteiger partial charge in [0, 0.05) is 22.7 Å². The van der Waals surface area contributed by atoms with Gasteiger partial charge in [0.1, 0.15) is 21.2 Å². The van der Waals surface area contributed by atoms with Crippen molar-refractivity contribution in [1.82, 2.24) is 29.9 Å². The second-order valence-electron chi connectivity index (χ2n) is 14.7. The van der Waals surface area contributed by atoms with Crippen molar-refractivity contribution in [1.29, 1.82) is 0 Å². The van der Waals surface area contributed by atoms with Gasteiger partial charge < -0.3 is 27.0 Å². The van der Waals surface area contributed by atoms with Gasteiger partial charge in [0.15, 0.2) is 0 Å². The van der Waals surface area contributed by atoms with Gasteiger partial charge in [0.2, 0.25) is 40.1 Å². The van der Waals surface area contributed by atoms with E-state index in [1.807, 2.05) is 31.2 Å². The largest absolute Gasteiger partial charge is 0.396 e. The number of allylic oxidation sites excluding steroid dienone is 1. The number of Topliss-reactive ketones (excluding diaryl/α,β-unsaturated/α-hetero) is 1. The van der Waals surface area contributed by atoms with Crippen LogP contribution >= 0.6 is 23.2 Å². The predicted molar refractivity (Wildman–Crippen MR) is 262 cm³/mol. The van der Waals surface area contributed by atoms with Gasteiger partial charge in [-0.25, -0.2) is 0 Å². The molecule has 5 aromatic carbocycles. The summed E-state index contributed by atoms with van der Waals surface area (Å²) in [6, 6.07) is 23.0. The lowest BCUT2D eigenvalue weighted by atomic mass is 9.92. The van der Waals surface area contributed by atoms with Crippen molar-refractivity contribution in [2.24, 2.45) is 15.3 Å². The number of hydrazone groups is 1. The average molecular weight is 1060 g/mol. The van der Waals surface area contributed by atoms with Gasteiger partial charge >= 0.3 is 0 Å². The predicted octanol–water partition coefficient (Wildman–Crippen LogP) is 8.06. The van der Waals surface area contributed by atoms with E-state index < -0.39 is 62.2 Å². The van der Waals surface area contributed by atoms with E-state index >= 15 is 0 Å². The van der Waals surface area contributed by atoms with E-state index in [1.165, 1.54) is 36.4 Å². The summed E-state index contributed by atoms with van der Waals surface area (Å²) in [5, 5.41) is 23.3. The number of anilines is 10. The number of hydrogen-bond donors (Lipinski definition) is 9. The smallest absolute Gasteiger partial charge is 0.296 e. The molecule has 25 nitrogen and oxygen atoms in total. The molecular weight excluding hydrogens is 1030 g/mol. The number of azo groups is 1. The SMILES string of the molecule is Cc1cccc(Nc2nc(Cl)nc(Nc3cccc(N=Nc4c(S(=O)(=O)O)cc5c(c4N)C(=O)/C(=N\Nc4cc(Nc6nc(Cl)nc(Nc7cccc(S(=O)(=O)O)c7)n6)ccc4S(=O)(=O)O)C=C5)c3)n2)c1. The summed E-state index contributed by atoms with van der Waals surface area (Å²) in [6.07, 6.45) is 2.40. The first-order valence-electron chi connectivity index (χ1n) is 19.7. The van der Waals surface area contributed by atoms with Crippen LogP contribution in [-0.4, -0.2) is 80.3 Å². The Morgan fingerprint density at radius 2 is 1.11 bits per heavy atom. The maximum absolute atomic E-state index is 14.0. The van der Waals surface area contributed by atoms with Gasteiger partial charge in [-0.3, -0.25) is 23.9 Å². The van der Waals surface area contributed by atoms with Crippen LogP contribution in [0.2, 0.25) is 10.6 Å². The van der Waals surface area contributed by atoms with Crippen molar-refractivity contribution in [2.45, 2.75) is 21.6 Å². The van der Waals surface area contributed by atoms with Gasteiger partial charge in [-0.2, -0.15) is 65.4 Å². The number of aryl methyl sites for hydroxylation is 1. The molecule has 0 atom stereocenters. The summed E-state index contributed by atoms with van der Waals surface area (Å²) in [6.45, 7) is 1.92. The lowest BCUT2D eigenvalue weighted by Crippen LogP contribution is -2.21. The van der Waals surface area contributed by atoms with E-state index in [0.29, 0.717) is 11.4 Å². The molecule has 8 rings (SSSR count). The van der Waals surface area contributed by atoms with E-state index in [-0.39, 0.29) is 73.9 Å². The number of nitrogens with one attached hydrogen (secondary N) is 5. The fraction of sp³-hybridized carbons (Fsp3) is 0.0244. The number of rotatable bonds is 15. The molecule has 1 aliphatic rings. The highest BCUT2D eigenvalue weighted by molar-refractivity contribution is 7.86. The molecule has 0 saturated carbocycles. The minimum atomic E-state index is -5.04. The molecule has 2 aromatic heterocycles. The lowest BCUT2D eigenvalue weighted by molar-refractivity contribution is 0.106. The minimum Gasteiger partial charge on any atom is -0.396 e. The van der Waals surface area contributed by atoms with Crippen molar-refractivity contribution in [3.63, 3.8) is 0 Å². The Bertz CT molecular complexity index is 3770. The summed E-state index contributed by atoms with van der Waals surface area (Å²) in [4.78, 5) is 36.8. The fourth-order valence-corrected chi connectivity index (χ4v) is 8.67. The number of carbonyl (C=O) groups excluding carboxylic acids is 1. The summed E-state index contributed by atoms with van der Waals surface area (Å²) in [7, 11) is -14.5. The minimum absolute atomic E-state index is 0.0550. The highest BCUT2D eigenvalue weighted by Gasteiger charge is 2.30. The van der Waals surface area contributed by atoms with E-state index in [0.717, 1.165) is 42.0 Å². The first kappa shape index (κ1) is 49.3. The molecule has 0 amide bonds. The Hall–Kier alpha value is -8.09. The van der Waals surface area contributed by atoms with Crippen LogP contribution in [0, 0.1) is 6.92 Å². The third kappa shape index (κ3) is 12.0. The van der Waals surface area contributed by atoms with Crippen LogP contribution < -0.4 is 32.4 Å². The molecule has 1 aliphatic carbocycles. The van der Waals surface area contributed by atoms with Crippen molar-refractivity contribution >= 4 is 140 Å². The number of carbonyl (C=O) groups is 1. The number of nitrogens with two attached hydrogens (primary N) is 1.